The summed E-state index contributed by atoms with van der Waals surface area (Å²) in [6.45, 7) is 25.0. The van der Waals surface area contributed by atoms with Gasteiger partial charge in [0.25, 0.3) is 0 Å². The van der Waals surface area contributed by atoms with Crippen molar-refractivity contribution in [2.24, 2.45) is 46.3 Å². The Hall–Kier alpha value is -2.78. The van der Waals surface area contributed by atoms with E-state index in [0.29, 0.717) is 50.2 Å². The summed E-state index contributed by atoms with van der Waals surface area (Å²) in [4.78, 5) is 52.9. The van der Waals surface area contributed by atoms with Gasteiger partial charge in [-0.25, -0.2) is 9.59 Å². The Morgan fingerprint density at radius 2 is 1.35 bits per heavy atom. The van der Waals surface area contributed by atoms with Gasteiger partial charge < -0.3 is 29.7 Å². The van der Waals surface area contributed by atoms with Crippen LogP contribution >= 0.6 is 0 Å². The lowest BCUT2D eigenvalue weighted by molar-refractivity contribution is -0.156. The topological polar surface area (TPSA) is 123 Å². The first-order valence-corrected chi connectivity index (χ1v) is 25.2. The zero-order valence-corrected chi connectivity index (χ0v) is 41.4. The highest BCUT2D eigenvalue weighted by Gasteiger charge is 2.59. The molecule has 10 heteroatoms. The molecule has 10 nitrogen and oxygen atoms in total. The number of hydrogen-bond donors (Lipinski definition) is 2. The first-order valence-electron chi connectivity index (χ1n) is 25.2. The van der Waals surface area contributed by atoms with Crippen LogP contribution in [0.3, 0.4) is 0 Å². The van der Waals surface area contributed by atoms with Crippen LogP contribution in [0, 0.1) is 46.3 Å². The van der Waals surface area contributed by atoms with E-state index in [2.05, 4.69) is 51.3 Å². The fourth-order valence-electron chi connectivity index (χ4n) is 12.1. The molecule has 0 bridgehead atoms. The molecular weight excluding hydrogens is 779 g/mol. The fourth-order valence-corrected chi connectivity index (χ4v) is 12.1. The average Bonchev–Trinajstić information content (AvgIpc) is 3.52. The van der Waals surface area contributed by atoms with Gasteiger partial charge in [-0.15, -0.1) is 0 Å². The van der Waals surface area contributed by atoms with Gasteiger partial charge in [-0.1, -0.05) is 91.2 Å². The van der Waals surface area contributed by atoms with Crippen molar-refractivity contribution in [2.45, 2.75) is 222 Å². The third-order valence-corrected chi connectivity index (χ3v) is 15.2. The van der Waals surface area contributed by atoms with Crippen molar-refractivity contribution in [3.63, 3.8) is 0 Å². The fraction of sp³-hybridized carbons (Fsp3) is 0.885. The van der Waals surface area contributed by atoms with E-state index >= 15 is 0 Å². The monoisotopic (exact) mass is 870 g/mol. The normalized spacial score (nSPS) is 27.5. The van der Waals surface area contributed by atoms with Gasteiger partial charge in [0.1, 0.15) is 23.9 Å². The molecule has 0 saturated heterocycles. The Labute approximate surface area is 377 Å². The highest BCUT2D eigenvalue weighted by Crippen LogP contribution is 2.67. The van der Waals surface area contributed by atoms with Crippen LogP contribution < -0.4 is 10.6 Å². The van der Waals surface area contributed by atoms with Crippen LogP contribution in [-0.2, 0) is 23.8 Å². The number of unbranched alkanes of at least 4 members (excludes halogenated alkanes) is 6. The van der Waals surface area contributed by atoms with E-state index in [-0.39, 0.29) is 36.0 Å². The maximum Gasteiger partial charge on any atom is 0.407 e. The molecule has 0 aromatic carbocycles. The van der Waals surface area contributed by atoms with Crippen LogP contribution in [0.25, 0.3) is 0 Å². The van der Waals surface area contributed by atoms with Gasteiger partial charge in [-0.3, -0.25) is 9.59 Å². The summed E-state index contributed by atoms with van der Waals surface area (Å²) in [7, 11) is 0. The van der Waals surface area contributed by atoms with Gasteiger partial charge in [0.15, 0.2) is 0 Å². The summed E-state index contributed by atoms with van der Waals surface area (Å²) in [5.74, 6) is 4.41. The average molecular weight is 870 g/mol. The second kappa shape index (κ2) is 23.4. The van der Waals surface area contributed by atoms with Crippen LogP contribution in [0.15, 0.2) is 11.6 Å². The minimum Gasteiger partial charge on any atom is -0.461 e. The van der Waals surface area contributed by atoms with E-state index in [4.69, 9.17) is 14.2 Å². The minimum atomic E-state index is -0.565. The van der Waals surface area contributed by atoms with E-state index in [9.17, 15) is 19.2 Å². The number of ether oxygens (including phenoxy) is 3. The Morgan fingerprint density at radius 3 is 1.98 bits per heavy atom. The lowest BCUT2D eigenvalue weighted by Crippen LogP contribution is -2.51. The summed E-state index contributed by atoms with van der Waals surface area (Å²) in [6.07, 6.45) is 22.3. The predicted molar refractivity (Wildman–Crippen MR) is 250 cm³/mol. The van der Waals surface area contributed by atoms with Crippen molar-refractivity contribution >= 4 is 24.1 Å². The molecule has 3 amide bonds. The molecule has 8 atom stereocenters. The van der Waals surface area contributed by atoms with E-state index < -0.39 is 17.3 Å². The smallest absolute Gasteiger partial charge is 0.407 e. The zero-order chi connectivity index (χ0) is 45.7. The number of hydrogen-bond acceptors (Lipinski definition) is 7. The van der Waals surface area contributed by atoms with Crippen molar-refractivity contribution in [3.8, 4) is 0 Å². The van der Waals surface area contributed by atoms with E-state index in [1.165, 1.54) is 56.9 Å². The number of fused-ring (bicyclic) bond motifs is 5. The van der Waals surface area contributed by atoms with Crippen molar-refractivity contribution < 1.29 is 33.4 Å². The zero-order valence-electron chi connectivity index (χ0n) is 41.4. The van der Waals surface area contributed by atoms with Gasteiger partial charge in [-0.05, 0) is 159 Å². The maximum atomic E-state index is 13.6. The molecule has 3 saturated carbocycles. The molecule has 0 aromatic heterocycles. The Bertz CT molecular complexity index is 1480. The van der Waals surface area contributed by atoms with E-state index in [1.54, 1.807) is 4.90 Å². The number of nitrogens with zero attached hydrogens (tertiary/aromatic N) is 1. The summed E-state index contributed by atoms with van der Waals surface area (Å²) >= 11 is 0. The van der Waals surface area contributed by atoms with Crippen molar-refractivity contribution in [1.82, 2.24) is 15.5 Å². The van der Waals surface area contributed by atoms with E-state index in [0.717, 1.165) is 87.4 Å². The van der Waals surface area contributed by atoms with Gasteiger partial charge in [0.2, 0.25) is 5.91 Å². The molecule has 0 aliphatic heterocycles. The molecule has 62 heavy (non-hydrogen) atoms. The quantitative estimate of drug-likeness (QED) is 0.0481. The third-order valence-electron chi connectivity index (χ3n) is 15.2. The first-order chi connectivity index (χ1) is 29.1. The summed E-state index contributed by atoms with van der Waals surface area (Å²) in [6, 6.07) is 0. The summed E-state index contributed by atoms with van der Waals surface area (Å²) in [5.41, 5.74) is 1.09. The predicted octanol–water partition coefficient (Wildman–Crippen LogP) is 12.3. The molecule has 4 aliphatic rings. The number of allylic oxidation sites excluding steroid dienone is 1. The second-order valence-electron chi connectivity index (χ2n) is 22.9. The molecule has 1 unspecified atom stereocenters. The molecule has 0 heterocycles. The van der Waals surface area contributed by atoms with Crippen LogP contribution in [0.2, 0.25) is 0 Å². The molecule has 0 radical (unpaired) electrons. The molecule has 3 fully saturated rings. The molecular formula is C52H91N3O7. The number of carbonyl (C=O) groups is 4. The highest BCUT2D eigenvalue weighted by molar-refractivity contribution is 5.82. The van der Waals surface area contributed by atoms with Gasteiger partial charge in [0, 0.05) is 32.5 Å². The molecule has 4 rings (SSSR count). The van der Waals surface area contributed by atoms with Gasteiger partial charge >= 0.3 is 18.2 Å². The maximum absolute atomic E-state index is 13.6. The number of amides is 3. The Kier molecular flexibility index (Phi) is 19.6. The lowest BCUT2D eigenvalue weighted by Gasteiger charge is -2.58. The first kappa shape index (κ1) is 51.9. The molecule has 2 N–H and O–H groups in total. The van der Waals surface area contributed by atoms with Crippen LogP contribution in [0.4, 0.5) is 9.59 Å². The van der Waals surface area contributed by atoms with Crippen molar-refractivity contribution in [1.29, 1.82) is 0 Å². The SMILES string of the molecule is CC(C)CCCC(C)[C@H]1CC[C@H]2[C@@H]3CC=C4C[C@@H](OC(=O)CN(CCCCCCCCNC(=O)OC(C)(C)C)C(=O)CCCCNC(=O)OC(C)(C)C)CC[C@]4(C)[C@H]3CC[C@]12C. The molecule has 0 spiro atoms. The highest BCUT2D eigenvalue weighted by atomic mass is 16.6. The largest absolute Gasteiger partial charge is 0.461 e. The van der Waals surface area contributed by atoms with Crippen LogP contribution in [-0.4, -0.2) is 72.4 Å². The Morgan fingerprint density at radius 1 is 0.742 bits per heavy atom. The second-order valence-corrected chi connectivity index (χ2v) is 22.9. The van der Waals surface area contributed by atoms with Crippen LogP contribution in [0.5, 0.6) is 0 Å². The van der Waals surface area contributed by atoms with Crippen molar-refractivity contribution in [3.05, 3.63) is 11.6 Å². The minimum absolute atomic E-state index is 0.0276. The molecule has 356 valence electrons. The third kappa shape index (κ3) is 15.7. The van der Waals surface area contributed by atoms with E-state index in [1.807, 2.05) is 41.5 Å². The Balaban J connectivity index is 1.26. The number of nitrogens with one attached hydrogen (secondary N) is 2. The summed E-state index contributed by atoms with van der Waals surface area (Å²) in [5, 5.41) is 5.59. The lowest BCUT2D eigenvalue weighted by atomic mass is 9.47. The molecule has 4 aliphatic carbocycles. The summed E-state index contributed by atoms with van der Waals surface area (Å²) < 4.78 is 16.9. The van der Waals surface area contributed by atoms with Gasteiger partial charge in [-0.2, -0.15) is 0 Å². The number of rotatable bonds is 22. The molecule has 0 aromatic rings. The van der Waals surface area contributed by atoms with Gasteiger partial charge in [0.05, 0.1) is 0 Å². The number of esters is 1. The van der Waals surface area contributed by atoms with Crippen molar-refractivity contribution in [2.75, 3.05) is 26.2 Å². The number of alkyl carbamates (subject to hydrolysis) is 2. The standard InChI is InChI=1S/C52H91N3O7/c1-37(2)21-20-22-38(3)42-26-27-43-41-25-24-39-35-40(28-30-51(39,10)44(41)29-31-52(42,43)11)60-46(57)36-55(45(56)23-16-18-33-54-48(59)62-50(7,8)9)34-19-15-13-12-14-17-32-53-47(58)61-49(4,5)6/h24,37-38,40-44H,12-23,25-36H2,1-11H3,(H,53,58)(H,54,59)/t38?,40-,41-,42+,43-,44-,51-,52+/m0/s1. The van der Waals surface area contributed by atoms with Crippen LogP contribution in [0.1, 0.15) is 205 Å². The number of carbonyl (C=O) groups excluding carboxylic acids is 4.